The summed E-state index contributed by atoms with van der Waals surface area (Å²) in [5, 5.41) is 2.67. The zero-order valence-corrected chi connectivity index (χ0v) is 24.4. The Hall–Kier alpha value is -3.42. The Balaban J connectivity index is 2.16. The zero-order chi connectivity index (χ0) is 29.6. The van der Waals surface area contributed by atoms with Gasteiger partial charge in [0.25, 0.3) is 0 Å². The molecule has 218 valence electrons. The summed E-state index contributed by atoms with van der Waals surface area (Å²) in [6, 6.07) is 3.88. The van der Waals surface area contributed by atoms with Gasteiger partial charge < -0.3 is 19.5 Å². The van der Waals surface area contributed by atoms with Crippen LogP contribution in [0.2, 0.25) is 0 Å². The molecule has 2 aromatic rings. The van der Waals surface area contributed by atoms with E-state index < -0.39 is 29.5 Å². The van der Waals surface area contributed by atoms with Crippen molar-refractivity contribution in [1.29, 1.82) is 0 Å². The topological polar surface area (TPSA) is 73.9 Å². The molecule has 6 nitrogen and oxygen atoms in total. The second-order valence-corrected chi connectivity index (χ2v) is 11.2. The van der Waals surface area contributed by atoms with E-state index in [0.717, 1.165) is 25.7 Å². The van der Waals surface area contributed by atoms with E-state index in [-0.39, 0.29) is 30.3 Å². The lowest BCUT2D eigenvalue weighted by atomic mass is 9.90. The van der Waals surface area contributed by atoms with Gasteiger partial charge in [0.05, 0.1) is 25.7 Å². The van der Waals surface area contributed by atoms with E-state index >= 15 is 8.78 Å². The van der Waals surface area contributed by atoms with E-state index in [1.807, 2.05) is 0 Å². The van der Waals surface area contributed by atoms with Crippen molar-refractivity contribution >= 4 is 12.1 Å². The van der Waals surface area contributed by atoms with Gasteiger partial charge in [-0.25, -0.2) is 13.6 Å². The molecule has 0 aliphatic heterocycles. The minimum absolute atomic E-state index is 0.00367. The van der Waals surface area contributed by atoms with Crippen molar-refractivity contribution in [2.24, 2.45) is 0 Å². The highest BCUT2D eigenvalue weighted by atomic mass is 19.1. The molecule has 1 aliphatic carbocycles. The van der Waals surface area contributed by atoms with E-state index in [2.05, 4.69) is 11.9 Å². The van der Waals surface area contributed by atoms with Crippen LogP contribution in [-0.2, 0) is 14.3 Å². The summed E-state index contributed by atoms with van der Waals surface area (Å²) in [5.41, 5.74) is 1.65. The van der Waals surface area contributed by atoms with Gasteiger partial charge in [0.15, 0.2) is 0 Å². The lowest BCUT2D eigenvalue weighted by Crippen LogP contribution is -2.36. The Morgan fingerprint density at radius 2 is 1.85 bits per heavy atom. The van der Waals surface area contributed by atoms with Crippen LogP contribution in [0.25, 0.3) is 11.1 Å². The first kappa shape index (κ1) is 31.1. The molecule has 1 saturated carbocycles. The van der Waals surface area contributed by atoms with Crippen LogP contribution in [0.15, 0.2) is 30.9 Å². The first-order valence-corrected chi connectivity index (χ1v) is 13.9. The SMILES string of the molecule is C=CCCCOc1cc(C)c(F)c(C)c1-c1cc(C2CC2)c(F)c([C@H](CC(=O)OCC)NC(=O)OC(C)(C)C)c1. The van der Waals surface area contributed by atoms with Gasteiger partial charge in [-0.2, -0.15) is 0 Å². The first-order chi connectivity index (χ1) is 18.9. The predicted molar refractivity (Wildman–Crippen MR) is 152 cm³/mol. The summed E-state index contributed by atoms with van der Waals surface area (Å²) >= 11 is 0. The van der Waals surface area contributed by atoms with Crippen LogP contribution in [0.3, 0.4) is 0 Å². The van der Waals surface area contributed by atoms with Gasteiger partial charge in [-0.15, -0.1) is 6.58 Å². The number of benzene rings is 2. The van der Waals surface area contributed by atoms with Gasteiger partial charge in [0, 0.05) is 11.1 Å². The maximum Gasteiger partial charge on any atom is 0.408 e. The molecule has 3 rings (SSSR count). The van der Waals surface area contributed by atoms with Gasteiger partial charge >= 0.3 is 12.1 Å². The number of aryl methyl sites for hydroxylation is 1. The number of alkyl carbamates (subject to hydrolysis) is 1. The predicted octanol–water partition coefficient (Wildman–Crippen LogP) is 7.99. The molecule has 1 aliphatic rings. The van der Waals surface area contributed by atoms with Crippen molar-refractivity contribution < 1.29 is 32.6 Å². The fourth-order valence-electron chi connectivity index (χ4n) is 4.64. The quantitative estimate of drug-likeness (QED) is 0.163. The second-order valence-electron chi connectivity index (χ2n) is 11.2. The van der Waals surface area contributed by atoms with E-state index in [4.69, 9.17) is 14.2 Å². The number of hydrogen-bond acceptors (Lipinski definition) is 5. The molecular weight excluding hydrogens is 516 g/mol. The molecule has 2 aromatic carbocycles. The van der Waals surface area contributed by atoms with Gasteiger partial charge in [-0.1, -0.05) is 6.08 Å². The van der Waals surface area contributed by atoms with Crippen LogP contribution < -0.4 is 10.1 Å². The number of halogens is 2. The molecule has 0 radical (unpaired) electrons. The highest BCUT2D eigenvalue weighted by Gasteiger charge is 2.33. The molecule has 40 heavy (non-hydrogen) atoms. The fourth-order valence-corrected chi connectivity index (χ4v) is 4.64. The number of hydrogen-bond donors (Lipinski definition) is 1. The number of esters is 1. The summed E-state index contributed by atoms with van der Waals surface area (Å²) in [4.78, 5) is 25.3. The number of carbonyl (C=O) groups is 2. The maximum absolute atomic E-state index is 16.1. The number of rotatable bonds is 12. The highest BCUT2D eigenvalue weighted by molar-refractivity contribution is 5.78. The lowest BCUT2D eigenvalue weighted by molar-refractivity contribution is -0.143. The lowest BCUT2D eigenvalue weighted by Gasteiger charge is -2.25. The molecule has 0 spiro atoms. The number of unbranched alkanes of at least 4 members (excludes halogenated alkanes) is 1. The average Bonchev–Trinajstić information content (AvgIpc) is 3.70. The maximum atomic E-state index is 16.1. The minimum Gasteiger partial charge on any atom is -0.493 e. The van der Waals surface area contributed by atoms with Crippen molar-refractivity contribution in [3.05, 3.63) is 64.7 Å². The molecule has 1 fully saturated rings. The standard InChI is InChI=1S/C32H41F2NO5/c1-8-10-11-14-39-26-15-19(3)29(33)20(4)28(26)22-16-23(21-12-13-21)30(34)24(17-22)25(18-27(36)38-9-2)35-31(37)40-32(5,6)7/h8,15-17,21,25H,1,9-14,18H2,2-7H3,(H,35,37)/t25-/m0/s1. The smallest absolute Gasteiger partial charge is 0.408 e. The van der Waals surface area contributed by atoms with E-state index in [0.29, 0.717) is 40.2 Å². The van der Waals surface area contributed by atoms with Crippen LogP contribution in [0.1, 0.15) is 94.0 Å². The molecule has 0 unspecified atom stereocenters. The van der Waals surface area contributed by atoms with Gasteiger partial charge in [-0.3, -0.25) is 4.79 Å². The number of ether oxygens (including phenoxy) is 3. The monoisotopic (exact) mass is 557 g/mol. The molecule has 1 amide bonds. The van der Waals surface area contributed by atoms with Crippen LogP contribution in [-0.4, -0.2) is 30.9 Å². The van der Waals surface area contributed by atoms with E-state index in [9.17, 15) is 9.59 Å². The molecule has 0 aromatic heterocycles. The van der Waals surface area contributed by atoms with E-state index in [1.54, 1.807) is 65.8 Å². The molecule has 0 saturated heterocycles. The van der Waals surface area contributed by atoms with E-state index in [1.165, 1.54) is 0 Å². The number of amides is 1. The van der Waals surface area contributed by atoms with Crippen LogP contribution in [0.5, 0.6) is 5.75 Å². The third kappa shape index (κ3) is 8.05. The van der Waals surface area contributed by atoms with Crippen LogP contribution in [0.4, 0.5) is 13.6 Å². The molecule has 1 N–H and O–H groups in total. The third-order valence-corrected chi connectivity index (χ3v) is 6.63. The fraction of sp³-hybridized carbons (Fsp3) is 0.500. The summed E-state index contributed by atoms with van der Waals surface area (Å²) in [7, 11) is 0. The van der Waals surface area contributed by atoms with Crippen LogP contribution >= 0.6 is 0 Å². The van der Waals surface area contributed by atoms with Crippen molar-refractivity contribution in [2.75, 3.05) is 13.2 Å². The number of nitrogens with one attached hydrogen (secondary N) is 1. The average molecular weight is 558 g/mol. The molecule has 1 atom stereocenters. The first-order valence-electron chi connectivity index (χ1n) is 13.9. The molecule has 0 heterocycles. The van der Waals surface area contributed by atoms with Crippen molar-refractivity contribution in [3.8, 4) is 16.9 Å². The minimum atomic E-state index is -1.07. The highest BCUT2D eigenvalue weighted by Crippen LogP contribution is 2.46. The van der Waals surface area contributed by atoms with Crippen molar-refractivity contribution in [2.45, 2.75) is 91.2 Å². The normalized spacial score (nSPS) is 13.9. The Labute approximate surface area is 236 Å². The second kappa shape index (κ2) is 13.3. The molecule has 0 bridgehead atoms. The van der Waals surface area contributed by atoms with Crippen molar-refractivity contribution in [3.63, 3.8) is 0 Å². The number of allylic oxidation sites excluding steroid dienone is 1. The Morgan fingerprint density at radius 3 is 2.45 bits per heavy atom. The number of carbonyl (C=O) groups excluding carboxylic acids is 2. The van der Waals surface area contributed by atoms with Gasteiger partial charge in [0.1, 0.15) is 23.0 Å². The Bertz CT molecular complexity index is 1250. The summed E-state index contributed by atoms with van der Waals surface area (Å²) < 4.78 is 48.0. The summed E-state index contributed by atoms with van der Waals surface area (Å²) in [6.07, 6.45) is 3.85. The van der Waals surface area contributed by atoms with Crippen LogP contribution in [0, 0.1) is 25.5 Å². The largest absolute Gasteiger partial charge is 0.493 e. The third-order valence-electron chi connectivity index (χ3n) is 6.63. The summed E-state index contributed by atoms with van der Waals surface area (Å²) in [6.45, 7) is 14.4. The molecule has 8 heteroatoms. The van der Waals surface area contributed by atoms with Gasteiger partial charge in [0.2, 0.25) is 0 Å². The Kier molecular flexibility index (Phi) is 10.3. The molecular formula is C32H41F2NO5. The van der Waals surface area contributed by atoms with Gasteiger partial charge in [-0.05, 0) is 114 Å². The van der Waals surface area contributed by atoms with Crippen molar-refractivity contribution in [1.82, 2.24) is 5.32 Å². The zero-order valence-electron chi connectivity index (χ0n) is 24.4. The Morgan fingerprint density at radius 1 is 1.15 bits per heavy atom. The summed E-state index contributed by atoms with van der Waals surface area (Å²) in [5.74, 6) is -0.986.